The van der Waals surface area contributed by atoms with Crippen LogP contribution in [0.25, 0.3) is 0 Å². The lowest BCUT2D eigenvalue weighted by Crippen LogP contribution is -2.35. The lowest BCUT2D eigenvalue weighted by molar-refractivity contribution is -0.125. The van der Waals surface area contributed by atoms with E-state index in [2.05, 4.69) is 30.1 Å². The highest BCUT2D eigenvalue weighted by atomic mass is 32.2. The van der Waals surface area contributed by atoms with Gasteiger partial charge in [0.25, 0.3) is 0 Å². The lowest BCUT2D eigenvalue weighted by atomic mass is 9.88. The Morgan fingerprint density at radius 3 is 2.46 bits per heavy atom. The van der Waals surface area contributed by atoms with Gasteiger partial charge in [-0.2, -0.15) is 0 Å². The van der Waals surface area contributed by atoms with Crippen molar-refractivity contribution in [3.63, 3.8) is 0 Å². The molecule has 2 saturated carbocycles. The van der Waals surface area contributed by atoms with Gasteiger partial charge in [-0.1, -0.05) is 38.5 Å². The maximum Gasteiger partial charge on any atom is 0.238 e. The zero-order valence-corrected chi connectivity index (χ0v) is 18.3. The second-order valence-electron chi connectivity index (χ2n) is 7.99. The molecule has 0 spiro atoms. The molecule has 158 valence electrons. The van der Waals surface area contributed by atoms with Crippen molar-refractivity contribution < 1.29 is 13.2 Å². The van der Waals surface area contributed by atoms with Crippen LogP contribution in [0.1, 0.15) is 58.3 Å². The van der Waals surface area contributed by atoms with Crippen molar-refractivity contribution in [3.8, 4) is 0 Å². The Balaban J connectivity index is 1.82. The Labute approximate surface area is 173 Å². The van der Waals surface area contributed by atoms with Gasteiger partial charge >= 0.3 is 0 Å². The van der Waals surface area contributed by atoms with Gasteiger partial charge in [-0.3, -0.25) is 9.52 Å². The Morgan fingerprint density at radius 2 is 1.86 bits per heavy atom. The third kappa shape index (κ3) is 7.39. The van der Waals surface area contributed by atoms with E-state index in [9.17, 15) is 13.2 Å². The molecule has 2 unspecified atom stereocenters. The van der Waals surface area contributed by atoms with E-state index in [0.717, 1.165) is 37.7 Å². The van der Waals surface area contributed by atoms with Crippen molar-refractivity contribution in [2.75, 3.05) is 0 Å². The first kappa shape index (κ1) is 23.2. The van der Waals surface area contributed by atoms with Crippen molar-refractivity contribution in [3.05, 3.63) is 35.9 Å². The van der Waals surface area contributed by atoms with E-state index < -0.39 is 10.0 Å². The maximum absolute atomic E-state index is 12.6. The van der Waals surface area contributed by atoms with Crippen LogP contribution >= 0.6 is 11.9 Å². The highest BCUT2D eigenvalue weighted by Crippen LogP contribution is 2.33. The van der Waals surface area contributed by atoms with E-state index in [0.29, 0.717) is 11.3 Å². The van der Waals surface area contributed by atoms with E-state index >= 15 is 0 Å². The summed E-state index contributed by atoms with van der Waals surface area (Å²) in [7, 11) is -3.88. The number of carbonyl (C=O) groups excluding carboxylic acids is 1. The largest absolute Gasteiger partial charge is 0.326 e. The SMILES string of the molecule is C=C/C(=C\C(=C)NC(=O)C1CCCC(SNC2CCC(C)CC2)C1)S(N)(=O)=O. The second-order valence-corrected chi connectivity index (χ2v) is 10.7. The van der Waals surface area contributed by atoms with Crippen molar-refractivity contribution in [1.29, 1.82) is 0 Å². The minimum atomic E-state index is -3.88. The standard InChI is InChI=1S/C20H33N3O3S2/c1-4-19(28(21,25)26)12-15(3)22-20(24)16-6-5-7-18(13-16)27-23-17-10-8-14(2)9-11-17/h4,12,14,16-18,23H,1,3,5-11,13H2,2H3,(H,22,24)(H2,21,25,26)/b19-12+. The summed E-state index contributed by atoms with van der Waals surface area (Å²) < 4.78 is 26.5. The molecular formula is C20H33N3O3S2. The summed E-state index contributed by atoms with van der Waals surface area (Å²) in [5, 5.41) is 8.23. The molecule has 0 aromatic heterocycles. The van der Waals surface area contributed by atoms with Crippen LogP contribution in [0.5, 0.6) is 0 Å². The fourth-order valence-corrected chi connectivity index (χ4v) is 5.56. The molecule has 0 heterocycles. The number of rotatable bonds is 8. The fourth-order valence-electron chi connectivity index (χ4n) is 3.79. The molecule has 2 aliphatic carbocycles. The van der Waals surface area contributed by atoms with Gasteiger partial charge in [-0.15, -0.1) is 0 Å². The fraction of sp³-hybridized carbons (Fsp3) is 0.650. The topological polar surface area (TPSA) is 101 Å². The summed E-state index contributed by atoms with van der Waals surface area (Å²) in [6.45, 7) is 9.47. The van der Waals surface area contributed by atoms with E-state index in [1.807, 2.05) is 0 Å². The molecule has 0 aromatic carbocycles. The molecule has 0 saturated heterocycles. The summed E-state index contributed by atoms with van der Waals surface area (Å²) in [5.41, 5.74) is 0.207. The third-order valence-corrected chi connectivity index (χ3v) is 7.72. The van der Waals surface area contributed by atoms with Crippen molar-refractivity contribution in [1.82, 2.24) is 10.0 Å². The van der Waals surface area contributed by atoms with Crippen LogP contribution in [0.2, 0.25) is 0 Å². The zero-order valence-electron chi connectivity index (χ0n) is 16.7. The van der Waals surface area contributed by atoms with Crippen LogP contribution in [0, 0.1) is 11.8 Å². The molecular weight excluding hydrogens is 394 g/mol. The average molecular weight is 428 g/mol. The molecule has 6 nitrogen and oxygen atoms in total. The molecule has 0 aromatic rings. The number of hydrogen-bond acceptors (Lipinski definition) is 5. The van der Waals surface area contributed by atoms with E-state index in [-0.39, 0.29) is 22.4 Å². The number of primary sulfonamides is 1. The number of nitrogens with two attached hydrogens (primary N) is 1. The summed E-state index contributed by atoms with van der Waals surface area (Å²) >= 11 is 1.79. The van der Waals surface area contributed by atoms with Gasteiger partial charge < -0.3 is 5.32 Å². The molecule has 2 fully saturated rings. The second kappa shape index (κ2) is 10.6. The first-order valence-electron chi connectivity index (χ1n) is 9.97. The smallest absolute Gasteiger partial charge is 0.238 e. The monoisotopic (exact) mass is 427 g/mol. The molecule has 8 heteroatoms. The minimum Gasteiger partial charge on any atom is -0.326 e. The van der Waals surface area contributed by atoms with Crippen molar-refractivity contribution in [2.24, 2.45) is 17.0 Å². The highest BCUT2D eigenvalue weighted by molar-refractivity contribution is 7.98. The van der Waals surface area contributed by atoms with Gasteiger partial charge in [0.05, 0.1) is 4.91 Å². The number of carbonyl (C=O) groups is 1. The molecule has 0 radical (unpaired) electrons. The Hall–Kier alpha value is -1.09. The normalized spacial score (nSPS) is 29.1. The van der Waals surface area contributed by atoms with E-state index in [4.69, 9.17) is 5.14 Å². The number of sulfonamides is 1. The molecule has 1 amide bonds. The first-order chi connectivity index (χ1) is 13.2. The predicted molar refractivity (Wildman–Crippen MR) is 117 cm³/mol. The van der Waals surface area contributed by atoms with Gasteiger partial charge in [0, 0.05) is 22.9 Å². The van der Waals surface area contributed by atoms with Crippen LogP contribution in [0.3, 0.4) is 0 Å². The third-order valence-electron chi connectivity index (χ3n) is 5.54. The summed E-state index contributed by atoms with van der Waals surface area (Å²) in [6.07, 6.45) is 11.2. The number of hydrogen-bond donors (Lipinski definition) is 3. The predicted octanol–water partition coefficient (Wildman–Crippen LogP) is 3.35. The molecule has 2 atom stereocenters. The molecule has 28 heavy (non-hydrogen) atoms. The van der Waals surface area contributed by atoms with Crippen LogP contribution in [-0.4, -0.2) is 25.6 Å². The summed E-state index contributed by atoms with van der Waals surface area (Å²) in [6, 6.07) is 0.579. The molecule has 2 aliphatic rings. The number of nitrogens with one attached hydrogen (secondary N) is 2. The molecule has 0 aliphatic heterocycles. The Kier molecular flexibility index (Phi) is 8.80. The van der Waals surface area contributed by atoms with Gasteiger partial charge in [0.1, 0.15) is 0 Å². The van der Waals surface area contributed by atoms with Gasteiger partial charge in [0.2, 0.25) is 15.9 Å². The summed E-state index contributed by atoms with van der Waals surface area (Å²) in [4.78, 5) is 12.4. The number of amides is 1. The zero-order chi connectivity index (χ0) is 20.7. The quantitative estimate of drug-likeness (QED) is 0.407. The average Bonchev–Trinajstić information content (AvgIpc) is 2.65. The highest BCUT2D eigenvalue weighted by Gasteiger charge is 2.29. The van der Waals surface area contributed by atoms with Crippen LogP contribution in [0.4, 0.5) is 0 Å². The van der Waals surface area contributed by atoms with Crippen LogP contribution in [-0.2, 0) is 14.8 Å². The minimum absolute atomic E-state index is 0.0914. The number of allylic oxidation sites excluding steroid dienone is 2. The van der Waals surface area contributed by atoms with Gasteiger partial charge in [0.15, 0.2) is 0 Å². The van der Waals surface area contributed by atoms with Crippen LogP contribution in [0.15, 0.2) is 35.9 Å². The lowest BCUT2D eigenvalue weighted by Gasteiger charge is -2.31. The summed E-state index contributed by atoms with van der Waals surface area (Å²) in [5.74, 6) is 0.630. The molecule has 0 bridgehead atoms. The van der Waals surface area contributed by atoms with Crippen molar-refractivity contribution >= 4 is 27.9 Å². The van der Waals surface area contributed by atoms with Gasteiger partial charge in [-0.25, -0.2) is 13.6 Å². The molecule has 2 rings (SSSR count). The van der Waals surface area contributed by atoms with Gasteiger partial charge in [-0.05, 0) is 63.0 Å². The van der Waals surface area contributed by atoms with E-state index in [1.165, 1.54) is 31.8 Å². The molecule has 4 N–H and O–H groups in total. The Bertz CT molecular complexity index is 710. The van der Waals surface area contributed by atoms with E-state index in [1.54, 1.807) is 11.9 Å². The first-order valence-corrected chi connectivity index (χ1v) is 12.4. The maximum atomic E-state index is 12.6. The van der Waals surface area contributed by atoms with Crippen LogP contribution < -0.4 is 15.2 Å². The van der Waals surface area contributed by atoms with Crippen molar-refractivity contribution in [2.45, 2.75) is 69.6 Å². The Morgan fingerprint density at radius 1 is 1.18 bits per heavy atom.